The molecule has 1 aliphatic heterocycles. The molecule has 1 amide bonds. The smallest absolute Gasteiger partial charge is 0.237 e. The number of hydrogen-bond donors (Lipinski definition) is 2. The zero-order chi connectivity index (χ0) is 15.3. The van der Waals surface area contributed by atoms with Crippen LogP contribution in [0.25, 0.3) is 0 Å². The minimum Gasteiger partial charge on any atom is -0.371 e. The predicted octanol–water partition coefficient (Wildman–Crippen LogP) is 2.79. The third kappa shape index (κ3) is 6.34. The van der Waals surface area contributed by atoms with Crippen LogP contribution in [0.3, 0.4) is 0 Å². The summed E-state index contributed by atoms with van der Waals surface area (Å²) in [7, 11) is 0. The van der Waals surface area contributed by atoms with Crippen LogP contribution in [0, 0.1) is 0 Å². The van der Waals surface area contributed by atoms with Crippen LogP contribution in [0.4, 0.5) is 0 Å². The molecule has 0 bridgehead atoms. The third-order valence-electron chi connectivity index (χ3n) is 3.51. The highest BCUT2D eigenvalue weighted by Crippen LogP contribution is 2.13. The molecular formula is C17H27ClN2O2. The standard InChI is InChI=1S/C17H26N2O2.ClH/c1-17(2,3)21-12-14-7-4-6-13(10-14)11-19-16(20)15-8-5-9-18-15;/h4,6-7,10,15,18H,5,8-9,11-12H2,1-3H3,(H,19,20);1H. The Labute approximate surface area is 139 Å². The first-order valence-corrected chi connectivity index (χ1v) is 7.67. The molecule has 0 saturated carbocycles. The number of nitrogens with one attached hydrogen (secondary N) is 2. The van der Waals surface area contributed by atoms with Gasteiger partial charge in [0.2, 0.25) is 5.91 Å². The van der Waals surface area contributed by atoms with Crippen molar-refractivity contribution in [2.75, 3.05) is 6.54 Å². The molecule has 2 N–H and O–H groups in total. The summed E-state index contributed by atoms with van der Waals surface area (Å²) >= 11 is 0. The summed E-state index contributed by atoms with van der Waals surface area (Å²) in [6.45, 7) is 8.25. The van der Waals surface area contributed by atoms with Crippen LogP contribution in [0.5, 0.6) is 0 Å². The molecule has 1 aromatic carbocycles. The van der Waals surface area contributed by atoms with E-state index in [1.165, 1.54) is 0 Å². The van der Waals surface area contributed by atoms with Gasteiger partial charge in [-0.1, -0.05) is 24.3 Å². The molecule has 1 atom stereocenters. The van der Waals surface area contributed by atoms with E-state index in [-0.39, 0.29) is 30.0 Å². The molecule has 4 nitrogen and oxygen atoms in total. The van der Waals surface area contributed by atoms with E-state index in [0.29, 0.717) is 13.2 Å². The van der Waals surface area contributed by atoms with E-state index >= 15 is 0 Å². The number of amides is 1. The first-order valence-electron chi connectivity index (χ1n) is 7.67. The van der Waals surface area contributed by atoms with E-state index in [1.807, 2.05) is 32.9 Å². The van der Waals surface area contributed by atoms with Gasteiger partial charge in [-0.3, -0.25) is 4.79 Å². The van der Waals surface area contributed by atoms with Crippen molar-refractivity contribution in [2.45, 2.75) is 58.4 Å². The molecule has 22 heavy (non-hydrogen) atoms. The monoisotopic (exact) mass is 326 g/mol. The number of benzene rings is 1. The first-order chi connectivity index (χ1) is 9.94. The Morgan fingerprint density at radius 3 is 2.73 bits per heavy atom. The highest BCUT2D eigenvalue weighted by Gasteiger charge is 2.21. The number of ether oxygens (including phenoxy) is 1. The van der Waals surface area contributed by atoms with Gasteiger partial charge in [-0.2, -0.15) is 0 Å². The number of hydrogen-bond acceptors (Lipinski definition) is 3. The molecule has 0 spiro atoms. The Morgan fingerprint density at radius 2 is 2.09 bits per heavy atom. The normalized spacial score (nSPS) is 17.9. The molecule has 0 aromatic heterocycles. The minimum absolute atomic E-state index is 0. The first kappa shape index (κ1) is 18.9. The van der Waals surface area contributed by atoms with Crippen LogP contribution in [0.1, 0.15) is 44.7 Å². The highest BCUT2D eigenvalue weighted by molar-refractivity contribution is 5.85. The van der Waals surface area contributed by atoms with Gasteiger partial charge in [0.15, 0.2) is 0 Å². The minimum atomic E-state index is -0.141. The fourth-order valence-corrected chi connectivity index (χ4v) is 2.35. The second-order valence-corrected chi connectivity index (χ2v) is 6.59. The van der Waals surface area contributed by atoms with Gasteiger partial charge >= 0.3 is 0 Å². The summed E-state index contributed by atoms with van der Waals surface area (Å²) in [6, 6.07) is 8.17. The fraction of sp³-hybridized carbons (Fsp3) is 0.588. The van der Waals surface area contributed by atoms with E-state index in [0.717, 1.165) is 30.5 Å². The van der Waals surface area contributed by atoms with Gasteiger partial charge in [0.25, 0.3) is 0 Å². The Bertz CT molecular complexity index is 480. The van der Waals surface area contributed by atoms with Crippen LogP contribution in [-0.4, -0.2) is 24.1 Å². The molecule has 124 valence electrons. The van der Waals surface area contributed by atoms with E-state index in [9.17, 15) is 4.79 Å². The lowest BCUT2D eigenvalue weighted by Crippen LogP contribution is -2.40. The molecular weight excluding hydrogens is 300 g/mol. The lowest BCUT2D eigenvalue weighted by Gasteiger charge is -2.19. The van der Waals surface area contributed by atoms with Gasteiger partial charge in [-0.25, -0.2) is 0 Å². The Hall–Kier alpha value is -1.10. The maximum Gasteiger partial charge on any atom is 0.237 e. The van der Waals surface area contributed by atoms with E-state index in [2.05, 4.69) is 22.8 Å². The van der Waals surface area contributed by atoms with E-state index in [4.69, 9.17) is 4.74 Å². The van der Waals surface area contributed by atoms with E-state index < -0.39 is 0 Å². The SMILES string of the molecule is CC(C)(C)OCc1cccc(CNC(=O)C2CCCN2)c1.Cl. The van der Waals surface area contributed by atoms with Crippen molar-refractivity contribution in [1.29, 1.82) is 0 Å². The predicted molar refractivity (Wildman–Crippen MR) is 91.1 cm³/mol. The molecule has 0 radical (unpaired) electrons. The van der Waals surface area contributed by atoms with Gasteiger partial charge in [0.1, 0.15) is 0 Å². The maximum atomic E-state index is 12.0. The Balaban J connectivity index is 0.00000242. The molecule has 1 aromatic rings. The molecule has 1 heterocycles. The van der Waals surface area contributed by atoms with Crippen molar-refractivity contribution in [2.24, 2.45) is 0 Å². The number of carbonyl (C=O) groups excluding carboxylic acids is 1. The van der Waals surface area contributed by atoms with Crippen molar-refractivity contribution in [1.82, 2.24) is 10.6 Å². The maximum absolute atomic E-state index is 12.0. The average molecular weight is 327 g/mol. The van der Waals surface area contributed by atoms with Crippen LogP contribution in [0.2, 0.25) is 0 Å². The van der Waals surface area contributed by atoms with Gasteiger partial charge < -0.3 is 15.4 Å². The van der Waals surface area contributed by atoms with Gasteiger partial charge in [-0.05, 0) is 51.3 Å². The van der Waals surface area contributed by atoms with Crippen LogP contribution in [-0.2, 0) is 22.7 Å². The van der Waals surface area contributed by atoms with Crippen molar-refractivity contribution in [3.63, 3.8) is 0 Å². The third-order valence-corrected chi connectivity index (χ3v) is 3.51. The molecule has 0 aliphatic carbocycles. The van der Waals surface area contributed by atoms with Crippen molar-refractivity contribution >= 4 is 18.3 Å². The fourth-order valence-electron chi connectivity index (χ4n) is 2.35. The highest BCUT2D eigenvalue weighted by atomic mass is 35.5. The van der Waals surface area contributed by atoms with Gasteiger partial charge in [-0.15, -0.1) is 12.4 Å². The quantitative estimate of drug-likeness (QED) is 0.874. The lowest BCUT2D eigenvalue weighted by molar-refractivity contribution is -0.122. The van der Waals surface area contributed by atoms with Crippen LogP contribution in [0.15, 0.2) is 24.3 Å². The second-order valence-electron chi connectivity index (χ2n) is 6.59. The molecule has 1 fully saturated rings. The van der Waals surface area contributed by atoms with E-state index in [1.54, 1.807) is 0 Å². The Morgan fingerprint density at radius 1 is 1.36 bits per heavy atom. The zero-order valence-electron chi connectivity index (χ0n) is 13.6. The summed E-state index contributed by atoms with van der Waals surface area (Å²) in [5.41, 5.74) is 2.10. The average Bonchev–Trinajstić information content (AvgIpc) is 2.96. The zero-order valence-corrected chi connectivity index (χ0v) is 14.5. The summed E-state index contributed by atoms with van der Waals surface area (Å²) in [6.07, 6.45) is 2.02. The topological polar surface area (TPSA) is 50.4 Å². The molecule has 5 heteroatoms. The molecule has 1 unspecified atom stereocenters. The van der Waals surface area contributed by atoms with Crippen molar-refractivity contribution in [3.8, 4) is 0 Å². The molecule has 1 aliphatic rings. The van der Waals surface area contributed by atoms with Gasteiger partial charge in [0.05, 0.1) is 18.2 Å². The molecule has 1 saturated heterocycles. The summed E-state index contributed by atoms with van der Waals surface area (Å²) in [5.74, 6) is 0.101. The lowest BCUT2D eigenvalue weighted by atomic mass is 10.1. The van der Waals surface area contributed by atoms with Crippen molar-refractivity contribution < 1.29 is 9.53 Å². The number of halogens is 1. The molecule has 2 rings (SSSR count). The Kier molecular flexibility index (Phi) is 7.33. The summed E-state index contributed by atoms with van der Waals surface area (Å²) < 4.78 is 5.78. The van der Waals surface area contributed by atoms with Crippen LogP contribution < -0.4 is 10.6 Å². The number of rotatable bonds is 5. The van der Waals surface area contributed by atoms with Crippen LogP contribution >= 0.6 is 12.4 Å². The summed E-state index contributed by atoms with van der Waals surface area (Å²) in [4.78, 5) is 12.0. The van der Waals surface area contributed by atoms with Gasteiger partial charge in [0, 0.05) is 6.54 Å². The number of carbonyl (C=O) groups is 1. The second kappa shape index (κ2) is 8.51. The van der Waals surface area contributed by atoms with Crippen molar-refractivity contribution in [3.05, 3.63) is 35.4 Å². The largest absolute Gasteiger partial charge is 0.371 e. The summed E-state index contributed by atoms with van der Waals surface area (Å²) in [5, 5.41) is 6.21.